The molecule has 62 valence electrons. The lowest BCUT2D eigenvalue weighted by atomic mass is 11.5. The summed E-state index contributed by atoms with van der Waals surface area (Å²) in [5.74, 6) is 0. The SMILES string of the molecule is CO[Si](F)(OC)OC(F)F. The fourth-order valence-corrected chi connectivity index (χ4v) is 0.858. The number of rotatable bonds is 4. The second-order valence-electron chi connectivity index (χ2n) is 1.27. The molecule has 0 heterocycles. The minimum atomic E-state index is -4.51. The second-order valence-corrected chi connectivity index (χ2v) is 3.28. The normalized spacial score (nSPS) is 12.6. The molecule has 0 fully saturated rings. The molecule has 0 aliphatic heterocycles. The van der Waals surface area contributed by atoms with Crippen LogP contribution in [0.1, 0.15) is 0 Å². The predicted octanol–water partition coefficient (Wildman–Crippen LogP) is 0.923. The van der Waals surface area contributed by atoms with Crippen molar-refractivity contribution in [3.63, 3.8) is 0 Å². The highest BCUT2D eigenvalue weighted by molar-refractivity contribution is 6.52. The standard InChI is InChI=1S/C3H7F3O3Si/c1-7-10(6,8-2)9-3(4)5/h3H,1-2H3. The summed E-state index contributed by atoms with van der Waals surface area (Å²) in [6.07, 6.45) is 0. The van der Waals surface area contributed by atoms with Crippen LogP contribution in [-0.2, 0) is 13.3 Å². The van der Waals surface area contributed by atoms with Crippen LogP contribution in [0.2, 0.25) is 0 Å². The average Bonchev–Trinajstić information content (AvgIpc) is 1.87. The van der Waals surface area contributed by atoms with Crippen molar-refractivity contribution < 1.29 is 26.2 Å². The zero-order valence-corrected chi connectivity index (χ0v) is 6.44. The van der Waals surface area contributed by atoms with Crippen LogP contribution in [-0.4, -0.2) is 30.0 Å². The van der Waals surface area contributed by atoms with E-state index in [9.17, 15) is 12.9 Å². The summed E-state index contributed by atoms with van der Waals surface area (Å²) in [6, 6.07) is 0. The maximum atomic E-state index is 12.5. The molecule has 0 aromatic rings. The monoisotopic (exact) mass is 176 g/mol. The Morgan fingerprint density at radius 2 is 1.60 bits per heavy atom. The summed E-state index contributed by atoms with van der Waals surface area (Å²) < 4.78 is 46.4. The van der Waals surface area contributed by atoms with Gasteiger partial charge < -0.3 is 8.85 Å². The van der Waals surface area contributed by atoms with Crippen molar-refractivity contribution in [2.24, 2.45) is 0 Å². The molecule has 0 aromatic heterocycles. The van der Waals surface area contributed by atoms with Gasteiger partial charge in [0.25, 0.3) is 0 Å². The van der Waals surface area contributed by atoms with E-state index in [-0.39, 0.29) is 0 Å². The van der Waals surface area contributed by atoms with Crippen LogP contribution in [0, 0.1) is 0 Å². The Hall–Kier alpha value is -0.113. The van der Waals surface area contributed by atoms with Crippen molar-refractivity contribution in [3.8, 4) is 0 Å². The van der Waals surface area contributed by atoms with Gasteiger partial charge in [-0.25, -0.2) is 4.11 Å². The van der Waals surface area contributed by atoms with Crippen molar-refractivity contribution in [2.75, 3.05) is 14.2 Å². The van der Waals surface area contributed by atoms with Gasteiger partial charge in [-0.3, -0.25) is 4.43 Å². The second kappa shape index (κ2) is 3.91. The quantitative estimate of drug-likeness (QED) is 0.471. The summed E-state index contributed by atoms with van der Waals surface area (Å²) in [6.45, 7) is -3.21. The van der Waals surface area contributed by atoms with E-state index in [0.29, 0.717) is 0 Å². The molecule has 0 rings (SSSR count). The van der Waals surface area contributed by atoms with Crippen LogP contribution < -0.4 is 0 Å². The average molecular weight is 176 g/mol. The molecule has 0 radical (unpaired) electrons. The van der Waals surface area contributed by atoms with Crippen LogP contribution in [0.3, 0.4) is 0 Å². The summed E-state index contributed by atoms with van der Waals surface area (Å²) >= 11 is 0. The van der Waals surface area contributed by atoms with Crippen molar-refractivity contribution in [1.29, 1.82) is 0 Å². The zero-order valence-electron chi connectivity index (χ0n) is 5.44. The fourth-order valence-electron chi connectivity index (χ4n) is 0.286. The minimum absolute atomic E-state index is 0.901. The Balaban J connectivity index is 3.80. The molecule has 0 unspecified atom stereocenters. The Morgan fingerprint density at radius 1 is 1.20 bits per heavy atom. The first-order chi connectivity index (χ1) is 4.54. The molecule has 0 amide bonds. The van der Waals surface area contributed by atoms with Gasteiger partial charge in [0, 0.05) is 14.2 Å². The smallest absolute Gasteiger partial charge is 0.351 e. The van der Waals surface area contributed by atoms with Gasteiger partial charge in [0.15, 0.2) is 0 Å². The topological polar surface area (TPSA) is 27.7 Å². The van der Waals surface area contributed by atoms with E-state index in [4.69, 9.17) is 0 Å². The van der Waals surface area contributed by atoms with Crippen LogP contribution in [0.15, 0.2) is 0 Å². The lowest BCUT2D eigenvalue weighted by Crippen LogP contribution is -2.40. The van der Waals surface area contributed by atoms with E-state index in [1.54, 1.807) is 0 Å². The number of halogens is 3. The van der Waals surface area contributed by atoms with Gasteiger partial charge >= 0.3 is 15.7 Å². The first-order valence-electron chi connectivity index (χ1n) is 2.29. The van der Waals surface area contributed by atoms with Gasteiger partial charge in [-0.05, 0) is 0 Å². The first kappa shape index (κ1) is 9.89. The third-order valence-electron chi connectivity index (χ3n) is 0.717. The molecule has 0 aromatic carbocycles. The fraction of sp³-hybridized carbons (Fsp3) is 1.00. The van der Waals surface area contributed by atoms with E-state index in [0.717, 1.165) is 14.2 Å². The molecule has 0 atom stereocenters. The maximum absolute atomic E-state index is 12.5. The molecular formula is C3H7F3O3Si. The van der Waals surface area contributed by atoms with Gasteiger partial charge in [-0.1, -0.05) is 0 Å². The summed E-state index contributed by atoms with van der Waals surface area (Å²) in [5, 5.41) is 0. The molecule has 0 saturated carbocycles. The van der Waals surface area contributed by atoms with Crippen LogP contribution in [0.4, 0.5) is 12.9 Å². The third-order valence-corrected chi connectivity index (χ3v) is 2.15. The third kappa shape index (κ3) is 3.16. The van der Waals surface area contributed by atoms with Gasteiger partial charge in [0.2, 0.25) is 0 Å². The Kier molecular flexibility index (Phi) is 3.87. The molecule has 0 spiro atoms. The maximum Gasteiger partial charge on any atom is 0.723 e. The Bertz CT molecular complexity index is 97.0. The first-order valence-corrected chi connectivity index (χ1v) is 3.89. The Labute approximate surface area is 57.2 Å². The largest absolute Gasteiger partial charge is 0.723 e. The summed E-state index contributed by atoms with van der Waals surface area (Å²) in [4.78, 5) is 0. The number of alkyl halides is 2. The summed E-state index contributed by atoms with van der Waals surface area (Å²) in [7, 11) is -2.71. The minimum Gasteiger partial charge on any atom is -0.351 e. The van der Waals surface area contributed by atoms with Crippen molar-refractivity contribution in [3.05, 3.63) is 0 Å². The lowest BCUT2D eigenvalue weighted by molar-refractivity contribution is -0.112. The van der Waals surface area contributed by atoms with E-state index in [2.05, 4.69) is 13.3 Å². The molecule has 7 heteroatoms. The van der Waals surface area contributed by atoms with Gasteiger partial charge in [0.05, 0.1) is 0 Å². The van der Waals surface area contributed by atoms with E-state index in [1.165, 1.54) is 0 Å². The molecule has 0 saturated heterocycles. The van der Waals surface area contributed by atoms with Gasteiger partial charge in [-0.2, -0.15) is 8.78 Å². The van der Waals surface area contributed by atoms with Crippen LogP contribution >= 0.6 is 0 Å². The number of hydrogen-bond donors (Lipinski definition) is 0. The molecule has 0 bridgehead atoms. The highest BCUT2D eigenvalue weighted by Gasteiger charge is 2.45. The highest BCUT2D eigenvalue weighted by atomic mass is 28.4. The molecule has 0 N–H and O–H groups in total. The molecule has 0 aliphatic carbocycles. The lowest BCUT2D eigenvalue weighted by Gasteiger charge is -2.14. The van der Waals surface area contributed by atoms with Gasteiger partial charge in [0.1, 0.15) is 0 Å². The van der Waals surface area contributed by atoms with Crippen molar-refractivity contribution in [1.82, 2.24) is 0 Å². The predicted molar refractivity (Wildman–Crippen MR) is 28.0 cm³/mol. The van der Waals surface area contributed by atoms with E-state index < -0.39 is 15.7 Å². The van der Waals surface area contributed by atoms with Crippen LogP contribution in [0.25, 0.3) is 0 Å². The highest BCUT2D eigenvalue weighted by Crippen LogP contribution is 2.12. The van der Waals surface area contributed by atoms with E-state index in [1.807, 2.05) is 0 Å². The Morgan fingerprint density at radius 3 is 1.70 bits per heavy atom. The van der Waals surface area contributed by atoms with Crippen molar-refractivity contribution in [2.45, 2.75) is 6.61 Å². The van der Waals surface area contributed by atoms with E-state index >= 15 is 0 Å². The molecule has 0 aliphatic rings. The van der Waals surface area contributed by atoms with Crippen molar-refractivity contribution >= 4 is 9.14 Å². The number of hydrogen-bond acceptors (Lipinski definition) is 3. The molecule has 10 heavy (non-hydrogen) atoms. The molecular weight excluding hydrogens is 169 g/mol. The summed E-state index contributed by atoms with van der Waals surface area (Å²) in [5.41, 5.74) is 0. The molecule has 3 nitrogen and oxygen atoms in total. The van der Waals surface area contributed by atoms with Gasteiger partial charge in [-0.15, -0.1) is 0 Å². The zero-order chi connectivity index (χ0) is 8.20. The van der Waals surface area contributed by atoms with Crippen LogP contribution in [0.5, 0.6) is 0 Å².